The smallest absolute Gasteiger partial charge is 0.218 e. The predicted octanol–water partition coefficient (Wildman–Crippen LogP) is 1.39. The van der Waals surface area contributed by atoms with Crippen molar-refractivity contribution in [3.05, 3.63) is 36.2 Å². The van der Waals surface area contributed by atoms with Crippen LogP contribution in [0, 0.1) is 0 Å². The number of anilines is 2. The largest absolute Gasteiger partial charge is 0.508 e. The summed E-state index contributed by atoms with van der Waals surface area (Å²) < 4.78 is 4.99. The lowest BCUT2D eigenvalue weighted by Crippen LogP contribution is -2.03. The van der Waals surface area contributed by atoms with Gasteiger partial charge in [0, 0.05) is 23.9 Å². The number of aromatic hydroxyl groups is 1. The average molecular weight is 246 g/mol. The number of nitrogens with two attached hydrogens (primary N) is 1. The molecule has 0 amide bonds. The number of aromatic nitrogens is 2. The van der Waals surface area contributed by atoms with Gasteiger partial charge in [-0.05, 0) is 18.2 Å². The van der Waals surface area contributed by atoms with Crippen LogP contribution in [0.3, 0.4) is 0 Å². The molecule has 0 spiro atoms. The molecule has 2 aromatic rings. The van der Waals surface area contributed by atoms with Crippen LogP contribution in [0.25, 0.3) is 0 Å². The van der Waals surface area contributed by atoms with Crippen molar-refractivity contribution in [2.75, 3.05) is 18.2 Å². The Morgan fingerprint density at radius 2 is 2.17 bits per heavy atom. The fraction of sp³-hybridized carbons (Fsp3) is 0.167. The molecule has 0 radical (unpaired) electrons. The highest BCUT2D eigenvalue weighted by molar-refractivity contribution is 5.49. The number of nitrogens with zero attached hydrogens (tertiary/aromatic N) is 2. The minimum absolute atomic E-state index is 0.192. The molecule has 94 valence electrons. The second-order valence-corrected chi connectivity index (χ2v) is 3.69. The Hall–Kier alpha value is -2.50. The standard InChI is InChI=1S/C12H14N4O2/c1-18-12-5-11(15-7-16-12)14-6-8-4-9(13)2-3-10(8)17/h2-5,7,17H,6,13H2,1H3,(H,14,15,16). The second-order valence-electron chi connectivity index (χ2n) is 3.69. The minimum atomic E-state index is 0.192. The number of ether oxygens (including phenoxy) is 1. The van der Waals surface area contributed by atoms with Crippen molar-refractivity contribution >= 4 is 11.5 Å². The van der Waals surface area contributed by atoms with E-state index in [2.05, 4.69) is 15.3 Å². The molecule has 0 saturated heterocycles. The van der Waals surface area contributed by atoms with Crippen molar-refractivity contribution in [3.8, 4) is 11.6 Å². The maximum atomic E-state index is 9.66. The van der Waals surface area contributed by atoms with Gasteiger partial charge >= 0.3 is 0 Å². The molecule has 0 atom stereocenters. The first-order chi connectivity index (χ1) is 8.69. The van der Waals surface area contributed by atoms with Gasteiger partial charge in [-0.25, -0.2) is 9.97 Å². The van der Waals surface area contributed by atoms with Crippen LogP contribution in [0.1, 0.15) is 5.56 Å². The number of phenols is 1. The monoisotopic (exact) mass is 246 g/mol. The summed E-state index contributed by atoms with van der Waals surface area (Å²) in [6, 6.07) is 6.59. The maximum Gasteiger partial charge on any atom is 0.218 e. The van der Waals surface area contributed by atoms with Gasteiger partial charge in [-0.3, -0.25) is 0 Å². The van der Waals surface area contributed by atoms with Gasteiger partial charge in [0.2, 0.25) is 5.88 Å². The molecule has 0 unspecified atom stereocenters. The summed E-state index contributed by atoms with van der Waals surface area (Å²) in [7, 11) is 1.54. The lowest BCUT2D eigenvalue weighted by Gasteiger charge is -2.08. The Morgan fingerprint density at radius 1 is 1.33 bits per heavy atom. The van der Waals surface area contributed by atoms with E-state index in [1.165, 1.54) is 13.4 Å². The molecule has 0 saturated carbocycles. The molecule has 1 aromatic carbocycles. The fourth-order valence-corrected chi connectivity index (χ4v) is 1.48. The number of methoxy groups -OCH3 is 1. The second kappa shape index (κ2) is 5.22. The van der Waals surface area contributed by atoms with Crippen LogP contribution in [0.2, 0.25) is 0 Å². The molecule has 6 heteroatoms. The molecule has 0 aliphatic rings. The molecule has 0 bridgehead atoms. The highest BCUT2D eigenvalue weighted by atomic mass is 16.5. The van der Waals surface area contributed by atoms with Crippen LogP contribution >= 0.6 is 0 Å². The molecule has 1 heterocycles. The molecule has 0 aliphatic carbocycles. The molecular formula is C12H14N4O2. The quantitative estimate of drug-likeness (QED) is 0.557. The summed E-state index contributed by atoms with van der Waals surface area (Å²) in [6.07, 6.45) is 1.40. The van der Waals surface area contributed by atoms with Crippen LogP contribution in [0.15, 0.2) is 30.6 Å². The number of phenolic OH excluding ortho intramolecular Hbond substituents is 1. The summed E-state index contributed by atoms with van der Waals surface area (Å²) >= 11 is 0. The molecule has 0 aliphatic heterocycles. The summed E-state index contributed by atoms with van der Waals surface area (Å²) in [4.78, 5) is 7.94. The predicted molar refractivity (Wildman–Crippen MR) is 68.4 cm³/mol. The Kier molecular flexibility index (Phi) is 3.47. The van der Waals surface area contributed by atoms with Gasteiger partial charge in [0.15, 0.2) is 0 Å². The lowest BCUT2D eigenvalue weighted by molar-refractivity contribution is 0.397. The van der Waals surface area contributed by atoms with Crippen LogP contribution in [0.5, 0.6) is 11.6 Å². The third kappa shape index (κ3) is 2.79. The van der Waals surface area contributed by atoms with E-state index in [0.29, 0.717) is 29.5 Å². The highest BCUT2D eigenvalue weighted by Crippen LogP contribution is 2.21. The van der Waals surface area contributed by atoms with Gasteiger partial charge in [-0.15, -0.1) is 0 Å². The summed E-state index contributed by atoms with van der Waals surface area (Å²) in [6.45, 7) is 0.414. The van der Waals surface area contributed by atoms with E-state index in [-0.39, 0.29) is 5.75 Å². The maximum absolute atomic E-state index is 9.66. The minimum Gasteiger partial charge on any atom is -0.508 e. The Bertz CT molecular complexity index is 545. The zero-order chi connectivity index (χ0) is 13.0. The van der Waals surface area contributed by atoms with E-state index in [1.54, 1.807) is 24.3 Å². The first-order valence-electron chi connectivity index (χ1n) is 5.36. The number of hydrogen-bond acceptors (Lipinski definition) is 6. The third-order valence-corrected chi connectivity index (χ3v) is 2.41. The SMILES string of the molecule is COc1cc(NCc2cc(N)ccc2O)ncn1. The molecule has 6 nitrogen and oxygen atoms in total. The van der Waals surface area contributed by atoms with Crippen molar-refractivity contribution in [1.29, 1.82) is 0 Å². The number of benzene rings is 1. The topological polar surface area (TPSA) is 93.3 Å². The Balaban J connectivity index is 2.08. The summed E-state index contributed by atoms with van der Waals surface area (Å²) in [5, 5.41) is 12.7. The fourth-order valence-electron chi connectivity index (χ4n) is 1.48. The van der Waals surface area contributed by atoms with E-state index in [0.717, 1.165) is 0 Å². The number of rotatable bonds is 4. The molecule has 0 fully saturated rings. The van der Waals surface area contributed by atoms with Crippen LogP contribution < -0.4 is 15.8 Å². The zero-order valence-corrected chi connectivity index (χ0v) is 9.92. The molecule has 18 heavy (non-hydrogen) atoms. The summed E-state index contributed by atoms with van der Waals surface area (Å²) in [5.41, 5.74) is 6.96. The van der Waals surface area contributed by atoms with Crippen molar-refractivity contribution in [1.82, 2.24) is 9.97 Å². The molecule has 4 N–H and O–H groups in total. The molecule has 2 rings (SSSR count). The van der Waals surface area contributed by atoms with Gasteiger partial charge in [-0.2, -0.15) is 0 Å². The number of nitrogens with one attached hydrogen (secondary N) is 1. The Morgan fingerprint density at radius 3 is 2.94 bits per heavy atom. The van der Waals surface area contributed by atoms with E-state index in [4.69, 9.17) is 10.5 Å². The molecular weight excluding hydrogens is 232 g/mol. The average Bonchev–Trinajstić information content (AvgIpc) is 2.40. The normalized spacial score (nSPS) is 10.1. The van der Waals surface area contributed by atoms with Crippen LogP contribution in [-0.2, 0) is 6.54 Å². The van der Waals surface area contributed by atoms with Crippen molar-refractivity contribution in [2.24, 2.45) is 0 Å². The lowest BCUT2D eigenvalue weighted by atomic mass is 10.2. The number of nitrogen functional groups attached to an aromatic ring is 1. The van der Waals surface area contributed by atoms with Crippen molar-refractivity contribution < 1.29 is 9.84 Å². The Labute approximate surface area is 104 Å². The van der Waals surface area contributed by atoms with E-state index >= 15 is 0 Å². The first kappa shape index (κ1) is 12.0. The zero-order valence-electron chi connectivity index (χ0n) is 9.92. The van der Waals surface area contributed by atoms with E-state index in [1.807, 2.05) is 0 Å². The van der Waals surface area contributed by atoms with Crippen LogP contribution in [-0.4, -0.2) is 22.2 Å². The van der Waals surface area contributed by atoms with Crippen molar-refractivity contribution in [3.63, 3.8) is 0 Å². The number of hydrogen-bond donors (Lipinski definition) is 3. The van der Waals surface area contributed by atoms with Crippen LogP contribution in [0.4, 0.5) is 11.5 Å². The van der Waals surface area contributed by atoms with Gasteiger partial charge in [0.25, 0.3) is 0 Å². The van der Waals surface area contributed by atoms with Crippen molar-refractivity contribution in [2.45, 2.75) is 6.54 Å². The van der Waals surface area contributed by atoms with E-state index in [9.17, 15) is 5.11 Å². The van der Waals surface area contributed by atoms with E-state index < -0.39 is 0 Å². The van der Waals surface area contributed by atoms with Gasteiger partial charge in [0.1, 0.15) is 17.9 Å². The van der Waals surface area contributed by atoms with Gasteiger partial charge in [-0.1, -0.05) is 0 Å². The molecule has 1 aromatic heterocycles. The van der Waals surface area contributed by atoms with Gasteiger partial charge < -0.3 is 20.9 Å². The third-order valence-electron chi connectivity index (χ3n) is 2.41. The highest BCUT2D eigenvalue weighted by Gasteiger charge is 2.03. The van der Waals surface area contributed by atoms with Gasteiger partial charge in [0.05, 0.1) is 7.11 Å². The summed E-state index contributed by atoms with van der Waals surface area (Å²) in [5.74, 6) is 1.28. The first-order valence-corrected chi connectivity index (χ1v) is 5.36.